The Bertz CT molecular complexity index is 1200. The number of nitrogens with zero attached hydrogens (tertiary/aromatic N) is 3. The molecule has 0 N–H and O–H groups in total. The van der Waals surface area contributed by atoms with E-state index in [0.717, 1.165) is 5.56 Å². The number of rotatable bonds is 3. The van der Waals surface area contributed by atoms with E-state index in [1.807, 2.05) is 19.1 Å². The Morgan fingerprint density at radius 1 is 1.10 bits per heavy atom. The van der Waals surface area contributed by atoms with Gasteiger partial charge >= 0.3 is 12.1 Å². The van der Waals surface area contributed by atoms with Gasteiger partial charge in [-0.15, -0.1) is 4.36 Å². The van der Waals surface area contributed by atoms with Gasteiger partial charge in [-0.1, -0.05) is 35.0 Å². The fourth-order valence-corrected chi connectivity index (χ4v) is 4.46. The minimum atomic E-state index is -4.73. The molecule has 3 rings (SSSR count). The van der Waals surface area contributed by atoms with Gasteiger partial charge in [0.15, 0.2) is 0 Å². The second kappa shape index (κ2) is 7.91. The molecule has 1 unspecified atom stereocenters. The molecule has 0 spiro atoms. The number of carbonyl (C=O) groups excluding carboxylic acids is 1. The molecular formula is C18H14F3N3O3S2. The number of aryl methyl sites for hydroxylation is 1. The van der Waals surface area contributed by atoms with Crippen LogP contribution in [0.4, 0.5) is 13.2 Å². The molecule has 0 aliphatic carbocycles. The van der Waals surface area contributed by atoms with Crippen molar-refractivity contribution in [2.24, 2.45) is 4.36 Å². The number of alkyl halides is 3. The summed E-state index contributed by atoms with van der Waals surface area (Å²) in [6, 6.07) is 12.6. The first-order valence-corrected chi connectivity index (χ1v) is 11.3. The van der Waals surface area contributed by atoms with Gasteiger partial charge in [-0.3, -0.25) is 9.00 Å². The summed E-state index contributed by atoms with van der Waals surface area (Å²) in [4.78, 5) is 16.1. The highest BCUT2D eigenvalue weighted by Crippen LogP contribution is 2.29. The number of hydrogen-bond donors (Lipinski definition) is 0. The highest BCUT2D eigenvalue weighted by Gasteiger charge is 2.38. The van der Waals surface area contributed by atoms with Crippen LogP contribution in [0.15, 0.2) is 62.3 Å². The number of carbonyl (C=O) groups is 1. The quantitative estimate of drug-likeness (QED) is 0.603. The van der Waals surface area contributed by atoms with Crippen LogP contribution in [0.3, 0.4) is 0 Å². The monoisotopic (exact) mass is 441 g/mol. The van der Waals surface area contributed by atoms with Crippen molar-refractivity contribution in [3.63, 3.8) is 0 Å². The number of amides is 1. The molecule has 0 aliphatic heterocycles. The van der Waals surface area contributed by atoms with Gasteiger partial charge in [-0.25, -0.2) is 0 Å². The molecule has 0 bridgehead atoms. The summed E-state index contributed by atoms with van der Waals surface area (Å²) in [5.74, 6) is -2.32. The summed E-state index contributed by atoms with van der Waals surface area (Å²) in [5.41, 5.74) is 1.44. The lowest BCUT2D eigenvalue weighted by Gasteiger charge is -2.01. The van der Waals surface area contributed by atoms with E-state index in [1.165, 1.54) is 30.5 Å². The van der Waals surface area contributed by atoms with Crippen molar-refractivity contribution in [1.82, 2.24) is 10.1 Å². The Hall–Kier alpha value is -2.79. The van der Waals surface area contributed by atoms with E-state index in [-0.39, 0.29) is 17.0 Å². The number of halogens is 3. The first-order valence-electron chi connectivity index (χ1n) is 8.07. The maximum atomic E-state index is 12.8. The molecule has 0 saturated heterocycles. The van der Waals surface area contributed by atoms with Gasteiger partial charge in [0.25, 0.3) is 5.91 Å². The van der Waals surface area contributed by atoms with Gasteiger partial charge in [0.05, 0.1) is 8.49 Å². The maximum Gasteiger partial charge on any atom is 0.471 e. The van der Waals surface area contributed by atoms with Crippen LogP contribution in [-0.2, 0) is 24.8 Å². The lowest BCUT2D eigenvalue weighted by atomic mass is 10.1. The van der Waals surface area contributed by atoms with Crippen molar-refractivity contribution in [2.45, 2.75) is 18.0 Å². The van der Waals surface area contributed by atoms with Crippen LogP contribution in [0.1, 0.15) is 21.8 Å². The molecule has 29 heavy (non-hydrogen) atoms. The number of aromatic nitrogens is 2. The Labute approximate surface area is 167 Å². The first-order chi connectivity index (χ1) is 13.6. The highest BCUT2D eigenvalue weighted by atomic mass is 32.9. The third-order valence-electron chi connectivity index (χ3n) is 3.77. The maximum absolute atomic E-state index is 12.8. The minimum absolute atomic E-state index is 0.180. The molecule has 11 heteroatoms. The molecule has 3 aromatic rings. The van der Waals surface area contributed by atoms with E-state index in [9.17, 15) is 22.2 Å². The predicted molar refractivity (Wildman–Crippen MR) is 102 cm³/mol. The van der Waals surface area contributed by atoms with Gasteiger partial charge in [-0.05, 0) is 31.2 Å². The fraction of sp³-hybridized carbons (Fsp3) is 0.167. The van der Waals surface area contributed by atoms with Crippen LogP contribution in [0.2, 0.25) is 0 Å². The van der Waals surface area contributed by atoms with Crippen molar-refractivity contribution in [3.05, 3.63) is 65.5 Å². The Balaban J connectivity index is 1.83. The molecule has 0 saturated carbocycles. The third kappa shape index (κ3) is 4.98. The van der Waals surface area contributed by atoms with Crippen LogP contribution >= 0.6 is 0 Å². The van der Waals surface area contributed by atoms with Gasteiger partial charge < -0.3 is 4.52 Å². The number of hydrogen-bond acceptors (Lipinski definition) is 5. The second-order valence-corrected chi connectivity index (χ2v) is 10.8. The zero-order valence-corrected chi connectivity index (χ0v) is 16.8. The molecule has 0 radical (unpaired) electrons. The Morgan fingerprint density at radius 2 is 1.72 bits per heavy atom. The molecule has 1 atom stereocenters. The predicted octanol–water partition coefficient (Wildman–Crippen LogP) is 4.36. The van der Waals surface area contributed by atoms with Gasteiger partial charge in [-0.2, -0.15) is 18.2 Å². The smallest absolute Gasteiger partial charge is 0.329 e. The van der Waals surface area contributed by atoms with Crippen molar-refractivity contribution >= 4 is 24.5 Å². The van der Waals surface area contributed by atoms with Crippen molar-refractivity contribution in [1.29, 1.82) is 0 Å². The topological polar surface area (TPSA) is 85.4 Å². The largest absolute Gasteiger partial charge is 0.471 e. The van der Waals surface area contributed by atoms with Crippen LogP contribution < -0.4 is 0 Å². The van der Waals surface area contributed by atoms with E-state index in [2.05, 4.69) is 19.0 Å². The van der Waals surface area contributed by atoms with Crippen LogP contribution in [0, 0.1) is 6.92 Å². The molecular weight excluding hydrogens is 427 g/mol. The average Bonchev–Trinajstić information content (AvgIpc) is 3.17. The molecule has 2 aromatic carbocycles. The molecule has 1 aromatic heterocycles. The van der Waals surface area contributed by atoms with E-state index in [1.54, 1.807) is 12.1 Å². The van der Waals surface area contributed by atoms with Crippen LogP contribution in [-0.4, -0.2) is 26.5 Å². The Morgan fingerprint density at radius 3 is 2.28 bits per heavy atom. The molecule has 1 amide bonds. The molecule has 152 valence electrons. The standard InChI is InChI=1S/C18H14F3N3O3S2/c1-11-3-9-14(10-4-11)29(2,26)28-24-16(25)13-7-5-12(6-8-13)15-22-17(27-23-15)18(19,20)21/h3-10H,1-2H3. The molecule has 0 aliphatic rings. The minimum Gasteiger partial charge on any atom is -0.329 e. The van der Waals surface area contributed by atoms with Crippen LogP contribution in [0.5, 0.6) is 0 Å². The average molecular weight is 441 g/mol. The third-order valence-corrected chi connectivity index (χ3v) is 7.08. The first kappa shape index (κ1) is 20.9. The normalized spacial score (nSPS) is 13.6. The van der Waals surface area contributed by atoms with Crippen molar-refractivity contribution < 1.29 is 26.7 Å². The van der Waals surface area contributed by atoms with Crippen molar-refractivity contribution in [3.8, 4) is 11.4 Å². The number of benzene rings is 2. The summed E-state index contributed by atoms with van der Waals surface area (Å²) in [7, 11) is -1.92. The SMILES string of the molecule is Cc1ccc(S(C)(=O)=S=NC(=O)c2ccc(-c3noc(C(F)(F)F)n3)cc2)cc1. The highest BCUT2D eigenvalue weighted by molar-refractivity contribution is 8.35. The summed E-state index contributed by atoms with van der Waals surface area (Å²) in [6.07, 6.45) is -3.24. The summed E-state index contributed by atoms with van der Waals surface area (Å²) >= 11 is 0. The summed E-state index contributed by atoms with van der Waals surface area (Å²) in [6.45, 7) is 1.91. The van der Waals surface area contributed by atoms with Gasteiger partial charge in [0, 0.05) is 32.4 Å². The lowest BCUT2D eigenvalue weighted by Crippen LogP contribution is -2.04. The van der Waals surface area contributed by atoms with Gasteiger partial charge in [0.2, 0.25) is 5.82 Å². The van der Waals surface area contributed by atoms with Crippen molar-refractivity contribution in [2.75, 3.05) is 6.26 Å². The molecule has 6 nitrogen and oxygen atoms in total. The lowest BCUT2D eigenvalue weighted by molar-refractivity contribution is -0.159. The second-order valence-electron chi connectivity index (χ2n) is 6.05. The van der Waals surface area contributed by atoms with E-state index >= 15 is 0 Å². The summed E-state index contributed by atoms with van der Waals surface area (Å²) in [5, 5.41) is 3.28. The zero-order chi connectivity index (χ0) is 21.2. The summed E-state index contributed by atoms with van der Waals surface area (Å²) < 4.78 is 58.3. The Kier molecular flexibility index (Phi) is 5.71. The molecule has 0 fully saturated rings. The van der Waals surface area contributed by atoms with E-state index in [4.69, 9.17) is 0 Å². The fourth-order valence-electron chi connectivity index (χ4n) is 2.20. The van der Waals surface area contributed by atoms with Gasteiger partial charge in [0.1, 0.15) is 0 Å². The van der Waals surface area contributed by atoms with Crippen LogP contribution in [0.25, 0.3) is 11.4 Å². The molecule has 1 heterocycles. The van der Waals surface area contributed by atoms with E-state index in [0.29, 0.717) is 15.0 Å². The van der Waals surface area contributed by atoms with E-state index < -0.39 is 26.5 Å². The zero-order valence-electron chi connectivity index (χ0n) is 15.1.